The first-order chi connectivity index (χ1) is 11.2. The molecule has 7 heteroatoms. The third kappa shape index (κ3) is 4.34. The average Bonchev–Trinajstić information content (AvgIpc) is 2.50. The summed E-state index contributed by atoms with van der Waals surface area (Å²) in [5.41, 5.74) is 1.47. The summed E-state index contributed by atoms with van der Waals surface area (Å²) in [6.45, 7) is 3.63. The third-order valence-corrected chi connectivity index (χ3v) is 3.32. The number of halogens is 3. The molecular formula is C17H15F3N2O2. The van der Waals surface area contributed by atoms with Crippen LogP contribution in [0, 0.1) is 13.8 Å². The molecule has 0 bridgehead atoms. The molecule has 0 aliphatic rings. The molecule has 2 rings (SSSR count). The topological polar surface area (TPSA) is 58.2 Å². The van der Waals surface area contributed by atoms with Crippen LogP contribution in [0.25, 0.3) is 0 Å². The number of rotatable bonds is 2. The fourth-order valence-electron chi connectivity index (χ4n) is 1.98. The van der Waals surface area contributed by atoms with Gasteiger partial charge in [0.05, 0.1) is 5.56 Å². The number of benzene rings is 2. The zero-order valence-electron chi connectivity index (χ0n) is 13.0. The van der Waals surface area contributed by atoms with Crippen molar-refractivity contribution in [3.05, 3.63) is 59.2 Å². The second kappa shape index (κ2) is 6.74. The molecule has 0 aliphatic heterocycles. The summed E-state index contributed by atoms with van der Waals surface area (Å²) < 4.78 is 37.4. The van der Waals surface area contributed by atoms with Gasteiger partial charge in [-0.05, 0) is 55.3 Å². The molecule has 0 radical (unpaired) electrons. The van der Waals surface area contributed by atoms with Gasteiger partial charge in [0.15, 0.2) is 0 Å². The molecule has 0 unspecified atom stereocenters. The third-order valence-electron chi connectivity index (χ3n) is 3.32. The molecule has 2 N–H and O–H groups in total. The van der Waals surface area contributed by atoms with Gasteiger partial charge in [0.1, 0.15) is 0 Å². The number of carbonyl (C=O) groups excluding carboxylic acids is 2. The van der Waals surface area contributed by atoms with E-state index in [-0.39, 0.29) is 5.69 Å². The predicted molar refractivity (Wildman–Crippen MR) is 84.6 cm³/mol. The van der Waals surface area contributed by atoms with Gasteiger partial charge in [0.2, 0.25) is 0 Å². The molecule has 2 amide bonds. The quantitative estimate of drug-likeness (QED) is 0.817. The molecule has 0 spiro atoms. The molecule has 0 saturated heterocycles. The number of nitrogens with one attached hydrogen (secondary N) is 2. The van der Waals surface area contributed by atoms with Crippen LogP contribution >= 0.6 is 0 Å². The van der Waals surface area contributed by atoms with E-state index in [2.05, 4.69) is 10.6 Å². The molecule has 2 aromatic carbocycles. The first-order valence-corrected chi connectivity index (χ1v) is 7.03. The van der Waals surface area contributed by atoms with Gasteiger partial charge in [-0.2, -0.15) is 13.2 Å². The van der Waals surface area contributed by atoms with Crippen LogP contribution in [-0.4, -0.2) is 11.8 Å². The summed E-state index contributed by atoms with van der Waals surface area (Å²) in [6.07, 6.45) is -4.46. The highest BCUT2D eigenvalue weighted by molar-refractivity contribution is 6.43. The molecule has 126 valence electrons. The maximum absolute atomic E-state index is 12.5. The lowest BCUT2D eigenvalue weighted by atomic mass is 10.1. The van der Waals surface area contributed by atoms with E-state index >= 15 is 0 Å². The minimum atomic E-state index is -4.46. The van der Waals surface area contributed by atoms with Crippen LogP contribution in [0.1, 0.15) is 16.7 Å². The van der Waals surface area contributed by atoms with Crippen molar-refractivity contribution in [2.75, 3.05) is 10.6 Å². The van der Waals surface area contributed by atoms with Crippen LogP contribution < -0.4 is 10.6 Å². The van der Waals surface area contributed by atoms with E-state index in [9.17, 15) is 22.8 Å². The molecular weight excluding hydrogens is 321 g/mol. The Labute approximate surface area is 136 Å². The SMILES string of the molecule is Cc1ccc(C)c(NC(=O)C(=O)Nc2ccc(C(F)(F)F)cc2)c1. The first-order valence-electron chi connectivity index (χ1n) is 7.03. The molecule has 0 fully saturated rings. The van der Waals surface area contributed by atoms with Crippen LogP contribution in [0.5, 0.6) is 0 Å². The molecule has 0 aliphatic carbocycles. The van der Waals surface area contributed by atoms with Gasteiger partial charge in [0, 0.05) is 11.4 Å². The van der Waals surface area contributed by atoms with Crippen molar-refractivity contribution in [3.63, 3.8) is 0 Å². The summed E-state index contributed by atoms with van der Waals surface area (Å²) in [5, 5.41) is 4.73. The van der Waals surface area contributed by atoms with E-state index in [1.807, 2.05) is 13.0 Å². The largest absolute Gasteiger partial charge is 0.416 e. The first kappa shape index (κ1) is 17.5. The molecule has 2 aromatic rings. The number of amides is 2. The Hall–Kier alpha value is -2.83. The number of hydrogen-bond acceptors (Lipinski definition) is 2. The number of anilines is 2. The molecule has 0 atom stereocenters. The van der Waals surface area contributed by atoms with Crippen molar-refractivity contribution >= 4 is 23.2 Å². The summed E-state index contributed by atoms with van der Waals surface area (Å²) >= 11 is 0. The van der Waals surface area contributed by atoms with Crippen molar-refractivity contribution in [1.82, 2.24) is 0 Å². The van der Waals surface area contributed by atoms with E-state index in [0.717, 1.165) is 35.4 Å². The Morgan fingerprint density at radius 3 is 2.04 bits per heavy atom. The van der Waals surface area contributed by atoms with Crippen molar-refractivity contribution in [2.24, 2.45) is 0 Å². The van der Waals surface area contributed by atoms with E-state index in [4.69, 9.17) is 0 Å². The van der Waals surface area contributed by atoms with Gasteiger partial charge in [-0.25, -0.2) is 0 Å². The minimum Gasteiger partial charge on any atom is -0.318 e. The number of alkyl halides is 3. The monoisotopic (exact) mass is 336 g/mol. The van der Waals surface area contributed by atoms with Crippen LogP contribution in [-0.2, 0) is 15.8 Å². The van der Waals surface area contributed by atoms with Gasteiger partial charge in [-0.1, -0.05) is 12.1 Å². The highest BCUT2D eigenvalue weighted by Crippen LogP contribution is 2.29. The minimum absolute atomic E-state index is 0.101. The average molecular weight is 336 g/mol. The lowest BCUT2D eigenvalue weighted by Crippen LogP contribution is -2.29. The van der Waals surface area contributed by atoms with Crippen LogP contribution in [0.3, 0.4) is 0 Å². The van der Waals surface area contributed by atoms with Crippen LogP contribution in [0.4, 0.5) is 24.5 Å². The van der Waals surface area contributed by atoms with Gasteiger partial charge in [-0.3, -0.25) is 9.59 Å². The number of hydrogen-bond donors (Lipinski definition) is 2. The maximum atomic E-state index is 12.5. The zero-order chi connectivity index (χ0) is 17.9. The number of carbonyl (C=O) groups is 2. The van der Waals surface area contributed by atoms with Crippen LogP contribution in [0.2, 0.25) is 0 Å². The van der Waals surface area contributed by atoms with E-state index in [1.54, 1.807) is 19.1 Å². The van der Waals surface area contributed by atoms with Gasteiger partial charge < -0.3 is 10.6 Å². The van der Waals surface area contributed by atoms with Crippen molar-refractivity contribution in [2.45, 2.75) is 20.0 Å². The fraction of sp³-hybridized carbons (Fsp3) is 0.176. The van der Waals surface area contributed by atoms with Gasteiger partial charge in [-0.15, -0.1) is 0 Å². The summed E-state index contributed by atoms with van der Waals surface area (Å²) in [6, 6.07) is 9.24. The molecule has 4 nitrogen and oxygen atoms in total. The smallest absolute Gasteiger partial charge is 0.318 e. The fourth-order valence-corrected chi connectivity index (χ4v) is 1.98. The standard InChI is InChI=1S/C17H15F3N2O2/c1-10-3-4-11(2)14(9-10)22-16(24)15(23)21-13-7-5-12(6-8-13)17(18,19)20/h3-9H,1-2H3,(H,21,23)(H,22,24). The molecule has 0 saturated carbocycles. The summed E-state index contributed by atoms with van der Waals surface area (Å²) in [7, 11) is 0. The lowest BCUT2D eigenvalue weighted by Gasteiger charge is -2.10. The van der Waals surface area contributed by atoms with Crippen molar-refractivity contribution in [3.8, 4) is 0 Å². The molecule has 0 heterocycles. The van der Waals surface area contributed by atoms with Gasteiger partial charge >= 0.3 is 18.0 Å². The summed E-state index contributed by atoms with van der Waals surface area (Å²) in [4.78, 5) is 23.8. The highest BCUT2D eigenvalue weighted by Gasteiger charge is 2.30. The summed E-state index contributed by atoms with van der Waals surface area (Å²) in [5.74, 6) is -1.86. The lowest BCUT2D eigenvalue weighted by molar-refractivity contribution is -0.137. The Balaban J connectivity index is 2.04. The molecule has 0 aromatic heterocycles. The Morgan fingerprint density at radius 2 is 1.46 bits per heavy atom. The van der Waals surface area contributed by atoms with Gasteiger partial charge in [0.25, 0.3) is 0 Å². The van der Waals surface area contributed by atoms with Crippen molar-refractivity contribution < 1.29 is 22.8 Å². The van der Waals surface area contributed by atoms with E-state index in [0.29, 0.717) is 5.69 Å². The Bertz CT molecular complexity index is 768. The Kier molecular flexibility index (Phi) is 4.92. The molecule has 24 heavy (non-hydrogen) atoms. The van der Waals surface area contributed by atoms with Crippen molar-refractivity contribution in [1.29, 1.82) is 0 Å². The Morgan fingerprint density at radius 1 is 0.875 bits per heavy atom. The second-order valence-electron chi connectivity index (χ2n) is 5.30. The predicted octanol–water partition coefficient (Wildman–Crippen LogP) is 3.90. The zero-order valence-corrected chi connectivity index (χ0v) is 13.0. The number of aryl methyl sites for hydroxylation is 2. The van der Waals surface area contributed by atoms with Crippen LogP contribution in [0.15, 0.2) is 42.5 Å². The highest BCUT2D eigenvalue weighted by atomic mass is 19.4. The normalized spacial score (nSPS) is 11.0. The van der Waals surface area contributed by atoms with E-state index < -0.39 is 23.6 Å². The van der Waals surface area contributed by atoms with E-state index in [1.165, 1.54) is 0 Å². The second-order valence-corrected chi connectivity index (χ2v) is 5.30. The maximum Gasteiger partial charge on any atom is 0.416 e.